The van der Waals surface area contributed by atoms with Gasteiger partial charge in [-0.15, -0.1) is 11.3 Å². The molecule has 0 bridgehead atoms. The van der Waals surface area contributed by atoms with Gasteiger partial charge < -0.3 is 5.11 Å². The molecule has 0 aliphatic heterocycles. The van der Waals surface area contributed by atoms with E-state index in [-0.39, 0.29) is 12.3 Å². The first kappa shape index (κ1) is 8.63. The molecule has 0 fully saturated rings. The largest absolute Gasteiger partial charge is 0.391 e. The molecule has 0 saturated carbocycles. The summed E-state index contributed by atoms with van der Waals surface area (Å²) in [5.41, 5.74) is -0.0237. The van der Waals surface area contributed by atoms with Gasteiger partial charge >= 0.3 is 0 Å². The normalized spacial score (nSPS) is 10.0. The Kier molecular flexibility index (Phi) is 2.58. The van der Waals surface area contributed by atoms with Crippen LogP contribution in [0.15, 0.2) is 9.85 Å². The molecule has 0 aliphatic rings. The summed E-state index contributed by atoms with van der Waals surface area (Å²) in [4.78, 5) is 10.1. The molecule has 0 atom stereocenters. The lowest BCUT2D eigenvalue weighted by atomic mass is 10.4. The summed E-state index contributed by atoms with van der Waals surface area (Å²) in [5.74, 6) is 0. The number of halogens is 1. The zero-order valence-corrected chi connectivity index (χ0v) is 7.68. The number of hydrogen-bond donors (Lipinski definition) is 1. The van der Waals surface area contributed by atoms with Gasteiger partial charge in [0.2, 0.25) is 0 Å². The predicted octanol–water partition coefficient (Wildman–Crippen LogP) is 1.91. The van der Waals surface area contributed by atoms with Crippen molar-refractivity contribution < 1.29 is 10.0 Å². The number of rotatable bonds is 2. The molecule has 1 heterocycles. The van der Waals surface area contributed by atoms with Gasteiger partial charge in [0.05, 0.1) is 15.3 Å². The van der Waals surface area contributed by atoms with E-state index in [1.165, 1.54) is 17.4 Å². The molecule has 11 heavy (non-hydrogen) atoms. The third-order valence-electron chi connectivity index (χ3n) is 1.10. The van der Waals surface area contributed by atoms with E-state index in [1.807, 2.05) is 0 Å². The van der Waals surface area contributed by atoms with E-state index in [0.29, 0.717) is 8.66 Å². The Labute approximate surface area is 74.8 Å². The summed E-state index contributed by atoms with van der Waals surface area (Å²) in [6.07, 6.45) is 0. The van der Waals surface area contributed by atoms with Crippen LogP contribution in [0.2, 0.25) is 0 Å². The number of nitro groups is 1. The van der Waals surface area contributed by atoms with Crippen molar-refractivity contribution in [2.75, 3.05) is 0 Å². The van der Waals surface area contributed by atoms with Crippen LogP contribution >= 0.6 is 27.3 Å². The lowest BCUT2D eigenvalue weighted by Gasteiger charge is -1.87. The average molecular weight is 238 g/mol. The van der Waals surface area contributed by atoms with Crippen LogP contribution in [0.5, 0.6) is 0 Å². The molecule has 0 aromatic carbocycles. The molecule has 1 aromatic rings. The summed E-state index contributed by atoms with van der Waals surface area (Å²) in [7, 11) is 0. The van der Waals surface area contributed by atoms with E-state index in [2.05, 4.69) is 15.9 Å². The Bertz CT molecular complexity index is 285. The Hall–Kier alpha value is -0.460. The molecule has 0 aliphatic carbocycles. The van der Waals surface area contributed by atoms with Crippen molar-refractivity contribution in [1.29, 1.82) is 0 Å². The van der Waals surface area contributed by atoms with Gasteiger partial charge in [-0.2, -0.15) is 0 Å². The third kappa shape index (κ3) is 1.76. The van der Waals surface area contributed by atoms with Crippen LogP contribution in [0.25, 0.3) is 0 Å². The number of aliphatic hydroxyl groups excluding tert-OH is 1. The van der Waals surface area contributed by atoms with Crippen molar-refractivity contribution in [3.8, 4) is 0 Å². The molecule has 1 N–H and O–H groups in total. The second-order valence-electron chi connectivity index (χ2n) is 1.77. The lowest BCUT2D eigenvalue weighted by Crippen LogP contribution is -1.89. The predicted molar refractivity (Wildman–Crippen MR) is 44.6 cm³/mol. The average Bonchev–Trinajstić information content (AvgIpc) is 2.30. The molecule has 1 rings (SSSR count). The van der Waals surface area contributed by atoms with Crippen LogP contribution in [0.3, 0.4) is 0 Å². The summed E-state index contributed by atoms with van der Waals surface area (Å²) in [5, 5.41) is 18.9. The first-order valence-electron chi connectivity index (χ1n) is 2.68. The molecule has 0 amide bonds. The van der Waals surface area contributed by atoms with Gasteiger partial charge in [0.1, 0.15) is 4.88 Å². The van der Waals surface area contributed by atoms with E-state index in [4.69, 9.17) is 5.11 Å². The standard InChI is InChI=1S/C5H4BrNO3S/c6-5-1-3(7(9)10)4(2-8)11-5/h1,8H,2H2. The first-order chi connectivity index (χ1) is 5.15. The molecule has 0 unspecified atom stereocenters. The maximum Gasteiger partial charge on any atom is 0.286 e. The number of aliphatic hydroxyl groups is 1. The van der Waals surface area contributed by atoms with E-state index >= 15 is 0 Å². The van der Waals surface area contributed by atoms with Crippen LogP contribution in [0.4, 0.5) is 5.69 Å². The van der Waals surface area contributed by atoms with Crippen LogP contribution in [-0.4, -0.2) is 10.0 Å². The molecule has 4 nitrogen and oxygen atoms in total. The van der Waals surface area contributed by atoms with Gasteiger partial charge in [-0.3, -0.25) is 10.1 Å². The second kappa shape index (κ2) is 3.29. The van der Waals surface area contributed by atoms with Crippen molar-refractivity contribution in [2.24, 2.45) is 0 Å². The van der Waals surface area contributed by atoms with E-state index in [1.54, 1.807) is 0 Å². The molecule has 1 aromatic heterocycles. The summed E-state index contributed by atoms with van der Waals surface area (Å²) >= 11 is 4.26. The van der Waals surface area contributed by atoms with Crippen molar-refractivity contribution in [3.05, 3.63) is 24.8 Å². The second-order valence-corrected chi connectivity index (χ2v) is 4.29. The Balaban J connectivity index is 3.12. The SMILES string of the molecule is O=[N+]([O-])c1cc(Br)sc1CO. The first-order valence-corrected chi connectivity index (χ1v) is 4.29. The molecular weight excluding hydrogens is 234 g/mol. The molecule has 60 valence electrons. The summed E-state index contributed by atoms with van der Waals surface area (Å²) in [6.45, 7) is -0.285. The van der Waals surface area contributed by atoms with E-state index in [9.17, 15) is 10.1 Å². The highest BCUT2D eigenvalue weighted by atomic mass is 79.9. The zero-order chi connectivity index (χ0) is 8.43. The van der Waals surface area contributed by atoms with Gasteiger partial charge in [-0.25, -0.2) is 0 Å². The zero-order valence-electron chi connectivity index (χ0n) is 5.28. The van der Waals surface area contributed by atoms with Gasteiger partial charge in [-0.1, -0.05) is 0 Å². The number of thiophene rings is 1. The molecule has 0 saturated heterocycles. The van der Waals surface area contributed by atoms with E-state index in [0.717, 1.165) is 0 Å². The quantitative estimate of drug-likeness (QED) is 0.632. The van der Waals surface area contributed by atoms with Crippen molar-refractivity contribution in [3.63, 3.8) is 0 Å². The van der Waals surface area contributed by atoms with Crippen LogP contribution in [0, 0.1) is 10.1 Å². The summed E-state index contributed by atoms with van der Waals surface area (Å²) < 4.78 is 0.660. The molecule has 6 heteroatoms. The Morgan fingerprint density at radius 2 is 2.45 bits per heavy atom. The fourth-order valence-electron chi connectivity index (χ4n) is 0.655. The van der Waals surface area contributed by atoms with Gasteiger partial charge in [-0.05, 0) is 15.9 Å². The Morgan fingerprint density at radius 1 is 1.82 bits per heavy atom. The van der Waals surface area contributed by atoms with Crippen LogP contribution in [0.1, 0.15) is 4.88 Å². The summed E-state index contributed by atoms with van der Waals surface area (Å²) in [6, 6.07) is 1.39. The lowest BCUT2D eigenvalue weighted by molar-refractivity contribution is -0.385. The highest BCUT2D eigenvalue weighted by Gasteiger charge is 2.16. The van der Waals surface area contributed by atoms with Crippen molar-refractivity contribution in [1.82, 2.24) is 0 Å². The minimum absolute atomic E-state index is 0.0237. The number of nitrogens with zero attached hydrogens (tertiary/aromatic N) is 1. The third-order valence-corrected chi connectivity index (χ3v) is 2.71. The number of hydrogen-bond acceptors (Lipinski definition) is 4. The molecule has 0 radical (unpaired) electrons. The molecular formula is C5H4BrNO3S. The minimum atomic E-state index is -0.507. The Morgan fingerprint density at radius 3 is 2.82 bits per heavy atom. The highest BCUT2D eigenvalue weighted by Crippen LogP contribution is 2.32. The fraction of sp³-hybridized carbons (Fsp3) is 0.200. The van der Waals surface area contributed by atoms with Crippen LogP contribution < -0.4 is 0 Å². The maximum atomic E-state index is 10.3. The highest BCUT2D eigenvalue weighted by molar-refractivity contribution is 9.11. The van der Waals surface area contributed by atoms with Crippen molar-refractivity contribution in [2.45, 2.75) is 6.61 Å². The van der Waals surface area contributed by atoms with Crippen LogP contribution in [-0.2, 0) is 6.61 Å². The fourth-order valence-corrected chi connectivity index (χ4v) is 2.17. The monoisotopic (exact) mass is 237 g/mol. The van der Waals surface area contributed by atoms with Crippen molar-refractivity contribution >= 4 is 33.0 Å². The van der Waals surface area contributed by atoms with Gasteiger partial charge in [0.15, 0.2) is 0 Å². The minimum Gasteiger partial charge on any atom is -0.391 e. The molecule has 0 spiro atoms. The van der Waals surface area contributed by atoms with Gasteiger partial charge in [0, 0.05) is 6.07 Å². The topological polar surface area (TPSA) is 63.4 Å². The maximum absolute atomic E-state index is 10.3. The smallest absolute Gasteiger partial charge is 0.286 e. The van der Waals surface area contributed by atoms with E-state index < -0.39 is 4.92 Å². The van der Waals surface area contributed by atoms with Gasteiger partial charge in [0.25, 0.3) is 5.69 Å².